The summed E-state index contributed by atoms with van der Waals surface area (Å²) in [6.45, 7) is 20.0. The molecule has 1 aliphatic rings. The van der Waals surface area contributed by atoms with Gasteiger partial charge in [-0.2, -0.15) is 0 Å². The molecule has 1 aliphatic heterocycles. The van der Waals surface area contributed by atoms with Gasteiger partial charge in [0.15, 0.2) is 0 Å². The fourth-order valence-corrected chi connectivity index (χ4v) is 20.3. The SMILES string of the molecule is CCCC1=C(CCC)[Si](C(C)C)(C(C)C)C([Si](C)(C)c2ccccc2)=C1. The Morgan fingerprint density at radius 3 is 1.85 bits per heavy atom. The summed E-state index contributed by atoms with van der Waals surface area (Å²) in [5, 5.41) is 3.52. The quantitative estimate of drug-likeness (QED) is 0.412. The first-order valence-electron chi connectivity index (χ1n) is 10.7. The van der Waals surface area contributed by atoms with Gasteiger partial charge in [0.05, 0.1) is 0 Å². The van der Waals surface area contributed by atoms with E-state index in [1.165, 1.54) is 25.7 Å². The van der Waals surface area contributed by atoms with Crippen LogP contribution in [0.4, 0.5) is 0 Å². The van der Waals surface area contributed by atoms with E-state index in [1.54, 1.807) is 10.8 Å². The standard InChI is InChI=1S/C24H40Si2/c1-9-14-21-18-24(25(7,8)22-16-12-11-13-17-22)26(19(3)4,20(5)6)23(21)15-10-2/h11-13,16-20H,9-10,14-15H2,1-8H3. The van der Waals surface area contributed by atoms with E-state index >= 15 is 0 Å². The van der Waals surface area contributed by atoms with Crippen LogP contribution in [0.5, 0.6) is 0 Å². The van der Waals surface area contributed by atoms with Gasteiger partial charge >= 0.3 is 0 Å². The molecule has 144 valence electrons. The van der Waals surface area contributed by atoms with Crippen molar-refractivity contribution in [3.05, 3.63) is 52.0 Å². The Morgan fingerprint density at radius 1 is 0.846 bits per heavy atom. The Bertz CT molecular complexity index is 655. The van der Waals surface area contributed by atoms with Crippen LogP contribution in [-0.2, 0) is 0 Å². The van der Waals surface area contributed by atoms with Gasteiger partial charge in [-0.3, -0.25) is 0 Å². The predicted octanol–water partition coefficient (Wildman–Crippen LogP) is 7.33. The maximum absolute atomic E-state index is 2.74. The fourth-order valence-electron chi connectivity index (χ4n) is 5.61. The molecule has 0 fully saturated rings. The van der Waals surface area contributed by atoms with Crippen LogP contribution in [0.1, 0.15) is 67.2 Å². The molecule has 1 aromatic carbocycles. The minimum atomic E-state index is -1.68. The van der Waals surface area contributed by atoms with E-state index in [2.05, 4.69) is 91.0 Å². The number of rotatable bonds is 8. The third-order valence-corrected chi connectivity index (χ3v) is 19.3. The van der Waals surface area contributed by atoms with Gasteiger partial charge in [-0.25, -0.2) is 0 Å². The molecule has 0 spiro atoms. The third-order valence-electron chi connectivity index (χ3n) is 6.66. The first kappa shape index (κ1) is 21.4. The zero-order valence-electron chi connectivity index (χ0n) is 18.4. The van der Waals surface area contributed by atoms with Crippen LogP contribution in [-0.4, -0.2) is 16.1 Å². The van der Waals surface area contributed by atoms with Gasteiger partial charge in [0.25, 0.3) is 0 Å². The second kappa shape index (κ2) is 8.43. The summed E-state index contributed by atoms with van der Waals surface area (Å²) in [4.78, 5) is 1.92. The molecule has 0 aromatic heterocycles. The van der Waals surface area contributed by atoms with Gasteiger partial charge in [-0.1, -0.05) is 125 Å². The van der Waals surface area contributed by atoms with Crippen molar-refractivity contribution in [1.29, 1.82) is 0 Å². The van der Waals surface area contributed by atoms with E-state index in [9.17, 15) is 0 Å². The highest BCUT2D eigenvalue weighted by molar-refractivity contribution is 7.15. The lowest BCUT2D eigenvalue weighted by Gasteiger charge is -2.46. The summed E-state index contributed by atoms with van der Waals surface area (Å²) in [6, 6.07) is 11.4. The van der Waals surface area contributed by atoms with E-state index in [0.717, 1.165) is 11.1 Å². The molecule has 0 nitrogen and oxygen atoms in total. The highest BCUT2D eigenvalue weighted by Gasteiger charge is 2.54. The molecule has 0 unspecified atom stereocenters. The lowest BCUT2D eigenvalue weighted by molar-refractivity contribution is 0.850. The normalized spacial score (nSPS) is 17.4. The predicted molar refractivity (Wildman–Crippen MR) is 124 cm³/mol. The maximum atomic E-state index is 2.74. The van der Waals surface area contributed by atoms with Gasteiger partial charge in [0, 0.05) is 0 Å². The monoisotopic (exact) mass is 384 g/mol. The smallest absolute Gasteiger partial charge is 0.0808 e. The topological polar surface area (TPSA) is 0 Å². The van der Waals surface area contributed by atoms with Crippen molar-refractivity contribution >= 4 is 21.3 Å². The Labute approximate surface area is 164 Å². The van der Waals surface area contributed by atoms with Crippen LogP contribution >= 0.6 is 0 Å². The Morgan fingerprint density at radius 2 is 1.38 bits per heavy atom. The number of hydrogen-bond donors (Lipinski definition) is 0. The average molecular weight is 385 g/mol. The first-order chi connectivity index (χ1) is 12.2. The van der Waals surface area contributed by atoms with E-state index in [-0.39, 0.29) is 0 Å². The lowest BCUT2D eigenvalue weighted by atomic mass is 10.1. The molecule has 0 amide bonds. The van der Waals surface area contributed by atoms with Crippen LogP contribution in [0.3, 0.4) is 0 Å². The molecular formula is C24H40Si2. The number of hydrogen-bond acceptors (Lipinski definition) is 0. The van der Waals surface area contributed by atoms with Gasteiger partial charge in [0.1, 0.15) is 16.1 Å². The summed E-state index contributed by atoms with van der Waals surface area (Å²) in [5.41, 5.74) is 3.29. The summed E-state index contributed by atoms with van der Waals surface area (Å²) in [7, 11) is -3.35. The highest BCUT2D eigenvalue weighted by Crippen LogP contribution is 2.53. The fraction of sp³-hybridized carbons (Fsp3) is 0.583. The van der Waals surface area contributed by atoms with Crippen LogP contribution < -0.4 is 5.19 Å². The first-order valence-corrected chi connectivity index (χ1v) is 15.9. The minimum Gasteiger partial charge on any atom is -0.0808 e. The highest BCUT2D eigenvalue weighted by atomic mass is 28.4. The van der Waals surface area contributed by atoms with Crippen LogP contribution in [0.15, 0.2) is 52.0 Å². The Balaban J connectivity index is 2.72. The molecule has 2 heteroatoms. The van der Waals surface area contributed by atoms with Crippen molar-refractivity contribution in [2.45, 2.75) is 91.4 Å². The van der Waals surface area contributed by atoms with E-state index < -0.39 is 16.1 Å². The molecule has 0 saturated heterocycles. The number of benzene rings is 1. The molecule has 26 heavy (non-hydrogen) atoms. The van der Waals surface area contributed by atoms with Crippen LogP contribution in [0, 0.1) is 0 Å². The molecule has 0 saturated carbocycles. The van der Waals surface area contributed by atoms with Crippen molar-refractivity contribution in [2.75, 3.05) is 0 Å². The molecule has 1 heterocycles. The Kier molecular flexibility index (Phi) is 6.95. The van der Waals surface area contributed by atoms with E-state index in [0.29, 0.717) is 0 Å². The van der Waals surface area contributed by atoms with Crippen molar-refractivity contribution in [2.24, 2.45) is 0 Å². The van der Waals surface area contributed by atoms with Crippen molar-refractivity contribution in [1.82, 2.24) is 0 Å². The van der Waals surface area contributed by atoms with E-state index in [4.69, 9.17) is 0 Å². The largest absolute Gasteiger partial charge is 0.110 e. The van der Waals surface area contributed by atoms with Crippen molar-refractivity contribution in [3.8, 4) is 0 Å². The summed E-state index contributed by atoms with van der Waals surface area (Å²) in [5.74, 6) is 0. The maximum Gasteiger partial charge on any atom is 0.110 e. The van der Waals surface area contributed by atoms with Gasteiger partial charge in [-0.05, 0) is 23.9 Å². The summed E-state index contributed by atoms with van der Waals surface area (Å²) in [6.07, 6.45) is 7.87. The Hall–Kier alpha value is -0.866. The van der Waals surface area contributed by atoms with E-state index in [1.807, 2.05) is 10.0 Å². The molecule has 2 rings (SSSR count). The zero-order chi connectivity index (χ0) is 19.5. The molecule has 0 atom stereocenters. The molecule has 1 aromatic rings. The van der Waals surface area contributed by atoms with Crippen molar-refractivity contribution < 1.29 is 0 Å². The second-order valence-corrected chi connectivity index (χ2v) is 19.3. The van der Waals surface area contributed by atoms with Gasteiger partial charge in [-0.15, -0.1) is 0 Å². The lowest BCUT2D eigenvalue weighted by Crippen LogP contribution is -2.57. The summed E-state index contributed by atoms with van der Waals surface area (Å²) < 4.78 is 0. The number of allylic oxidation sites excluding steroid dienone is 3. The molecule has 0 bridgehead atoms. The van der Waals surface area contributed by atoms with Crippen molar-refractivity contribution in [3.63, 3.8) is 0 Å². The molecule has 0 N–H and O–H groups in total. The van der Waals surface area contributed by atoms with Gasteiger partial charge in [0.2, 0.25) is 0 Å². The molecule has 0 radical (unpaired) electrons. The average Bonchev–Trinajstić information content (AvgIpc) is 2.92. The molecular weight excluding hydrogens is 344 g/mol. The van der Waals surface area contributed by atoms with Crippen LogP contribution in [0.25, 0.3) is 0 Å². The van der Waals surface area contributed by atoms with Crippen LogP contribution in [0.2, 0.25) is 24.2 Å². The summed E-state index contributed by atoms with van der Waals surface area (Å²) >= 11 is 0. The molecule has 0 aliphatic carbocycles. The minimum absolute atomic E-state index is 0.778. The zero-order valence-corrected chi connectivity index (χ0v) is 20.4. The third kappa shape index (κ3) is 3.47. The van der Waals surface area contributed by atoms with Gasteiger partial charge < -0.3 is 0 Å². The second-order valence-electron chi connectivity index (χ2n) is 9.23.